The molecular weight excluding hydrogens is 381 g/mol. The topological polar surface area (TPSA) is 86.6 Å². The van der Waals surface area contributed by atoms with E-state index in [-0.39, 0.29) is 0 Å². The Balaban J connectivity index is 0.000000555. The molecule has 0 radical (unpaired) electrons. The van der Waals surface area contributed by atoms with E-state index in [1.54, 1.807) is 0 Å². The second-order valence-corrected chi connectivity index (χ2v) is 6.64. The summed E-state index contributed by atoms with van der Waals surface area (Å²) in [5.41, 5.74) is 1.41. The molecule has 0 aliphatic heterocycles. The Morgan fingerprint density at radius 2 is 1.58 bits per heavy atom. The lowest BCUT2D eigenvalue weighted by atomic mass is 10.1. The van der Waals surface area contributed by atoms with E-state index in [2.05, 4.69) is 72.9 Å². The SMILES string of the molecule is CC(C)NC(C)Cc1ccc(I)cc1.O=S(=O)(O)O. The lowest BCUT2D eigenvalue weighted by Gasteiger charge is -2.16. The Morgan fingerprint density at radius 1 is 1.16 bits per heavy atom. The van der Waals surface area contributed by atoms with E-state index in [1.807, 2.05) is 0 Å². The molecule has 5 nitrogen and oxygen atoms in total. The van der Waals surface area contributed by atoms with Gasteiger partial charge in [-0.15, -0.1) is 0 Å². The minimum atomic E-state index is -4.67. The second kappa shape index (κ2) is 8.85. The number of rotatable bonds is 4. The van der Waals surface area contributed by atoms with Gasteiger partial charge in [-0.3, -0.25) is 9.11 Å². The number of benzene rings is 1. The Hall–Kier alpha value is -0.220. The van der Waals surface area contributed by atoms with Crippen molar-refractivity contribution in [2.75, 3.05) is 0 Å². The van der Waals surface area contributed by atoms with Crippen LogP contribution in [0.25, 0.3) is 0 Å². The van der Waals surface area contributed by atoms with Crippen LogP contribution in [0.4, 0.5) is 0 Å². The zero-order valence-electron chi connectivity index (χ0n) is 11.2. The molecule has 0 aliphatic rings. The van der Waals surface area contributed by atoms with Crippen LogP contribution in [-0.4, -0.2) is 29.6 Å². The molecule has 0 aliphatic carbocycles. The Bertz CT molecular complexity index is 451. The molecule has 7 heteroatoms. The van der Waals surface area contributed by atoms with E-state index in [9.17, 15) is 0 Å². The van der Waals surface area contributed by atoms with Gasteiger partial charge in [0.1, 0.15) is 0 Å². The average molecular weight is 401 g/mol. The molecule has 19 heavy (non-hydrogen) atoms. The Kier molecular flexibility index (Phi) is 8.75. The first-order valence-corrected chi connectivity index (χ1v) is 8.26. The zero-order chi connectivity index (χ0) is 15.1. The maximum absolute atomic E-state index is 8.74. The first-order valence-electron chi connectivity index (χ1n) is 5.78. The van der Waals surface area contributed by atoms with Crippen LogP contribution in [0, 0.1) is 3.57 Å². The van der Waals surface area contributed by atoms with E-state index in [4.69, 9.17) is 17.5 Å². The molecule has 0 saturated heterocycles. The number of nitrogens with one attached hydrogen (secondary N) is 1. The van der Waals surface area contributed by atoms with Crippen LogP contribution in [0.3, 0.4) is 0 Å². The fourth-order valence-corrected chi connectivity index (χ4v) is 1.96. The smallest absolute Gasteiger partial charge is 0.312 e. The summed E-state index contributed by atoms with van der Waals surface area (Å²) < 4.78 is 32.9. The van der Waals surface area contributed by atoms with Crippen LogP contribution in [-0.2, 0) is 16.8 Å². The van der Waals surface area contributed by atoms with Crippen LogP contribution in [0.1, 0.15) is 26.3 Å². The molecule has 1 aromatic rings. The number of hydrogen-bond acceptors (Lipinski definition) is 3. The maximum atomic E-state index is 8.74. The molecular formula is C12H20INO4S. The van der Waals surface area contributed by atoms with Crippen LogP contribution in [0.2, 0.25) is 0 Å². The highest BCUT2D eigenvalue weighted by molar-refractivity contribution is 14.1. The molecule has 1 unspecified atom stereocenters. The van der Waals surface area contributed by atoms with Crippen molar-refractivity contribution in [3.63, 3.8) is 0 Å². The van der Waals surface area contributed by atoms with Gasteiger partial charge in [0.25, 0.3) is 0 Å². The van der Waals surface area contributed by atoms with Gasteiger partial charge in [-0.05, 0) is 53.6 Å². The maximum Gasteiger partial charge on any atom is 0.394 e. The molecule has 3 N–H and O–H groups in total. The average Bonchev–Trinajstić information content (AvgIpc) is 2.17. The first kappa shape index (κ1) is 18.8. The van der Waals surface area contributed by atoms with Gasteiger partial charge in [-0.2, -0.15) is 8.42 Å². The molecule has 0 saturated carbocycles. The second-order valence-electron chi connectivity index (χ2n) is 4.50. The molecule has 0 amide bonds. The number of hydrogen-bond donors (Lipinski definition) is 3. The molecule has 1 atom stereocenters. The molecule has 1 rings (SSSR count). The minimum absolute atomic E-state index is 0.551. The molecule has 1 aromatic carbocycles. The summed E-state index contributed by atoms with van der Waals surface area (Å²) in [6.07, 6.45) is 1.11. The normalized spacial score (nSPS) is 12.8. The van der Waals surface area contributed by atoms with E-state index in [1.165, 1.54) is 9.13 Å². The molecule has 0 spiro atoms. The highest BCUT2D eigenvalue weighted by atomic mass is 127. The van der Waals surface area contributed by atoms with E-state index >= 15 is 0 Å². The fourth-order valence-electron chi connectivity index (χ4n) is 1.60. The van der Waals surface area contributed by atoms with Crippen molar-refractivity contribution in [2.45, 2.75) is 39.3 Å². The predicted octanol–water partition coefficient (Wildman–Crippen LogP) is 2.57. The van der Waals surface area contributed by atoms with Crippen molar-refractivity contribution < 1.29 is 17.5 Å². The van der Waals surface area contributed by atoms with Gasteiger partial charge in [0.15, 0.2) is 0 Å². The molecule has 0 fully saturated rings. The largest absolute Gasteiger partial charge is 0.394 e. The lowest BCUT2D eigenvalue weighted by Crippen LogP contribution is -2.33. The third-order valence-electron chi connectivity index (χ3n) is 2.07. The Labute approximate surface area is 128 Å². The van der Waals surface area contributed by atoms with E-state index in [0.29, 0.717) is 12.1 Å². The van der Waals surface area contributed by atoms with Crippen molar-refractivity contribution in [3.05, 3.63) is 33.4 Å². The summed E-state index contributed by atoms with van der Waals surface area (Å²) >= 11 is 2.33. The predicted molar refractivity (Wildman–Crippen MR) is 84.8 cm³/mol. The van der Waals surface area contributed by atoms with Crippen LogP contribution in [0.5, 0.6) is 0 Å². The minimum Gasteiger partial charge on any atom is -0.312 e. The third kappa shape index (κ3) is 14.0. The third-order valence-corrected chi connectivity index (χ3v) is 2.79. The molecule has 110 valence electrons. The monoisotopic (exact) mass is 401 g/mol. The van der Waals surface area contributed by atoms with Gasteiger partial charge in [0.05, 0.1) is 0 Å². The summed E-state index contributed by atoms with van der Waals surface area (Å²) in [6, 6.07) is 9.86. The molecule has 0 bridgehead atoms. The van der Waals surface area contributed by atoms with Gasteiger partial charge < -0.3 is 5.32 Å². The summed E-state index contributed by atoms with van der Waals surface area (Å²) in [5, 5.41) is 3.50. The van der Waals surface area contributed by atoms with Crippen LogP contribution < -0.4 is 5.32 Å². The fraction of sp³-hybridized carbons (Fsp3) is 0.500. The van der Waals surface area contributed by atoms with Crippen molar-refractivity contribution >= 4 is 33.0 Å². The van der Waals surface area contributed by atoms with Gasteiger partial charge in [-0.1, -0.05) is 26.0 Å². The highest BCUT2D eigenvalue weighted by Gasteiger charge is 2.04. The van der Waals surface area contributed by atoms with Gasteiger partial charge in [0, 0.05) is 15.7 Å². The van der Waals surface area contributed by atoms with Crippen LogP contribution >= 0.6 is 22.6 Å². The first-order chi connectivity index (χ1) is 8.58. The highest BCUT2D eigenvalue weighted by Crippen LogP contribution is 2.08. The Morgan fingerprint density at radius 3 is 1.95 bits per heavy atom. The lowest BCUT2D eigenvalue weighted by molar-refractivity contribution is 0.381. The van der Waals surface area contributed by atoms with E-state index < -0.39 is 10.4 Å². The molecule has 0 heterocycles. The number of halogens is 1. The van der Waals surface area contributed by atoms with Crippen molar-refractivity contribution in [1.82, 2.24) is 5.32 Å². The van der Waals surface area contributed by atoms with Crippen molar-refractivity contribution in [2.24, 2.45) is 0 Å². The van der Waals surface area contributed by atoms with Crippen molar-refractivity contribution in [3.8, 4) is 0 Å². The molecule has 0 aromatic heterocycles. The zero-order valence-corrected chi connectivity index (χ0v) is 14.1. The summed E-state index contributed by atoms with van der Waals surface area (Å²) in [5.74, 6) is 0. The summed E-state index contributed by atoms with van der Waals surface area (Å²) in [4.78, 5) is 0. The standard InChI is InChI=1S/C12H18IN.H2O4S/c1-9(2)14-10(3)8-11-4-6-12(13)7-5-11;1-5(2,3)4/h4-7,9-10,14H,8H2,1-3H3;(H2,1,2,3,4). The van der Waals surface area contributed by atoms with Gasteiger partial charge in [0.2, 0.25) is 0 Å². The van der Waals surface area contributed by atoms with Crippen molar-refractivity contribution in [1.29, 1.82) is 0 Å². The van der Waals surface area contributed by atoms with Gasteiger partial charge in [-0.25, -0.2) is 0 Å². The van der Waals surface area contributed by atoms with Gasteiger partial charge >= 0.3 is 10.4 Å². The quantitative estimate of drug-likeness (QED) is 0.533. The van der Waals surface area contributed by atoms with E-state index in [0.717, 1.165) is 6.42 Å². The summed E-state index contributed by atoms with van der Waals surface area (Å²) in [7, 11) is -4.67. The van der Waals surface area contributed by atoms with Crippen LogP contribution in [0.15, 0.2) is 24.3 Å². The summed E-state index contributed by atoms with van der Waals surface area (Å²) in [6.45, 7) is 6.60.